The van der Waals surface area contributed by atoms with Gasteiger partial charge in [-0.3, -0.25) is 9.59 Å². The van der Waals surface area contributed by atoms with Gasteiger partial charge in [-0.15, -0.1) is 0 Å². The SMILES string of the molecule is COc1ccc(C2CC(c3c(-c4ccccc4)c4cc(Cl)ccc4[nH]c3=O)=NN2C(=O)C(OC)c2ccccc2)cc1. The van der Waals surface area contributed by atoms with E-state index in [4.69, 9.17) is 26.2 Å². The number of halogens is 1. The van der Waals surface area contributed by atoms with Crippen LogP contribution in [0.25, 0.3) is 22.0 Å². The number of hydrogen-bond acceptors (Lipinski definition) is 5. The number of ether oxygens (including phenoxy) is 2. The Bertz CT molecular complexity index is 1840. The van der Waals surface area contributed by atoms with Crippen LogP contribution >= 0.6 is 11.6 Å². The highest BCUT2D eigenvalue weighted by atomic mass is 35.5. The maximum absolute atomic E-state index is 14.1. The summed E-state index contributed by atoms with van der Waals surface area (Å²) in [5, 5.41) is 7.65. The van der Waals surface area contributed by atoms with E-state index in [1.54, 1.807) is 19.2 Å². The number of carbonyl (C=O) groups excluding carboxylic acids is 1. The van der Waals surface area contributed by atoms with Gasteiger partial charge in [-0.2, -0.15) is 5.10 Å². The van der Waals surface area contributed by atoms with Gasteiger partial charge in [0.25, 0.3) is 11.5 Å². The van der Waals surface area contributed by atoms with E-state index in [9.17, 15) is 9.59 Å². The Morgan fingerprint density at radius 2 is 1.62 bits per heavy atom. The van der Waals surface area contributed by atoms with Crippen molar-refractivity contribution in [2.24, 2.45) is 5.10 Å². The minimum Gasteiger partial charge on any atom is -0.497 e. The molecule has 2 heterocycles. The maximum atomic E-state index is 14.1. The lowest BCUT2D eigenvalue weighted by atomic mass is 9.91. The number of H-pyrrole nitrogens is 1. The molecule has 0 bridgehead atoms. The van der Waals surface area contributed by atoms with E-state index in [-0.39, 0.29) is 11.5 Å². The number of amides is 1. The van der Waals surface area contributed by atoms with E-state index in [1.807, 2.05) is 91.0 Å². The van der Waals surface area contributed by atoms with E-state index in [0.717, 1.165) is 16.5 Å². The van der Waals surface area contributed by atoms with Crippen LogP contribution in [0.3, 0.4) is 0 Å². The molecule has 4 aromatic carbocycles. The van der Waals surface area contributed by atoms with Gasteiger partial charge in [-0.05, 0) is 47.0 Å². The van der Waals surface area contributed by atoms with Crippen LogP contribution in [0.4, 0.5) is 0 Å². The molecule has 7 nitrogen and oxygen atoms in total. The third-order valence-electron chi connectivity index (χ3n) is 7.53. The number of aromatic nitrogens is 1. The van der Waals surface area contributed by atoms with Crippen LogP contribution in [0.2, 0.25) is 5.02 Å². The van der Waals surface area contributed by atoms with Crippen LogP contribution in [0.5, 0.6) is 5.75 Å². The average molecular weight is 578 g/mol. The fourth-order valence-corrected chi connectivity index (χ4v) is 5.70. The average Bonchev–Trinajstić information content (AvgIpc) is 3.47. The van der Waals surface area contributed by atoms with E-state index >= 15 is 0 Å². The minimum absolute atomic E-state index is 0.295. The minimum atomic E-state index is -0.877. The quantitative estimate of drug-likeness (QED) is 0.227. The number of methoxy groups -OCH3 is 2. The molecule has 0 saturated carbocycles. The molecule has 2 unspecified atom stereocenters. The number of carbonyl (C=O) groups is 1. The first-order valence-corrected chi connectivity index (χ1v) is 13.9. The Labute approximate surface area is 248 Å². The third kappa shape index (κ3) is 5.09. The monoisotopic (exact) mass is 577 g/mol. The zero-order chi connectivity index (χ0) is 29.2. The van der Waals surface area contributed by atoms with Crippen molar-refractivity contribution in [1.82, 2.24) is 9.99 Å². The fourth-order valence-electron chi connectivity index (χ4n) is 5.52. The van der Waals surface area contributed by atoms with Crippen LogP contribution in [0, 0.1) is 0 Å². The molecular weight excluding hydrogens is 550 g/mol. The number of hydrazone groups is 1. The van der Waals surface area contributed by atoms with Gasteiger partial charge >= 0.3 is 0 Å². The van der Waals surface area contributed by atoms with Gasteiger partial charge in [0.2, 0.25) is 0 Å². The first-order chi connectivity index (χ1) is 20.5. The molecule has 42 heavy (non-hydrogen) atoms. The molecule has 1 N–H and O–H groups in total. The Hall–Kier alpha value is -4.72. The highest BCUT2D eigenvalue weighted by Gasteiger charge is 2.38. The standard InChI is InChI=1S/C34H28ClN3O4/c1-41-25-16-13-21(14-17-25)29-20-28(37-38(29)34(40)32(42-2)23-11-7-4-8-12-23)31-30(22-9-5-3-6-10-22)26-19-24(35)15-18-27(26)36-33(31)39/h3-19,29,32H,20H2,1-2H3,(H,36,39). The van der Waals surface area contributed by atoms with Gasteiger partial charge in [0.05, 0.1) is 24.4 Å². The first-order valence-electron chi connectivity index (χ1n) is 13.5. The third-order valence-corrected chi connectivity index (χ3v) is 7.76. The number of aromatic amines is 1. The number of nitrogens with zero attached hydrogens (tertiary/aromatic N) is 2. The van der Waals surface area contributed by atoms with Gasteiger partial charge in [-0.25, -0.2) is 5.01 Å². The summed E-state index contributed by atoms with van der Waals surface area (Å²) in [5.41, 5.74) is 4.39. The van der Waals surface area contributed by atoms with Crippen molar-refractivity contribution in [1.29, 1.82) is 0 Å². The van der Waals surface area contributed by atoms with Gasteiger partial charge < -0.3 is 14.5 Å². The van der Waals surface area contributed by atoms with E-state index in [2.05, 4.69) is 4.98 Å². The van der Waals surface area contributed by atoms with Gasteiger partial charge in [0, 0.05) is 35.0 Å². The number of hydrogen-bond donors (Lipinski definition) is 1. The van der Waals surface area contributed by atoms with Gasteiger partial charge in [-0.1, -0.05) is 84.4 Å². The molecule has 0 spiro atoms. The van der Waals surface area contributed by atoms with E-state index in [0.29, 0.717) is 45.1 Å². The van der Waals surface area contributed by atoms with Crippen molar-refractivity contribution in [3.05, 3.63) is 135 Å². The van der Waals surface area contributed by atoms with Gasteiger partial charge in [0.15, 0.2) is 6.10 Å². The van der Waals surface area contributed by atoms with Crippen LogP contribution < -0.4 is 10.3 Å². The Morgan fingerprint density at radius 1 is 0.929 bits per heavy atom. The topological polar surface area (TPSA) is 84.0 Å². The second-order valence-corrected chi connectivity index (χ2v) is 10.4. The number of benzene rings is 4. The molecule has 0 fully saturated rings. The van der Waals surface area contributed by atoms with Gasteiger partial charge in [0.1, 0.15) is 5.75 Å². The maximum Gasteiger partial charge on any atom is 0.276 e. The summed E-state index contributed by atoms with van der Waals surface area (Å²) < 4.78 is 11.1. The van der Waals surface area contributed by atoms with Crippen LogP contribution in [0.1, 0.15) is 35.3 Å². The summed E-state index contributed by atoms with van der Waals surface area (Å²) in [6.45, 7) is 0. The highest BCUT2D eigenvalue weighted by Crippen LogP contribution is 2.39. The van der Waals surface area contributed by atoms with Crippen LogP contribution in [-0.4, -0.2) is 35.8 Å². The second kappa shape index (κ2) is 11.6. The van der Waals surface area contributed by atoms with Crippen molar-refractivity contribution in [3.63, 3.8) is 0 Å². The van der Waals surface area contributed by atoms with Crippen LogP contribution in [0.15, 0.2) is 113 Å². The molecule has 0 aliphatic carbocycles. The molecule has 0 saturated heterocycles. The predicted octanol–water partition coefficient (Wildman–Crippen LogP) is 6.92. The first kappa shape index (κ1) is 27.4. The summed E-state index contributed by atoms with van der Waals surface area (Å²) in [5.74, 6) is 0.366. The summed E-state index contributed by atoms with van der Waals surface area (Å²) >= 11 is 6.43. The van der Waals surface area contributed by atoms with Crippen molar-refractivity contribution in [2.45, 2.75) is 18.6 Å². The summed E-state index contributed by atoms with van der Waals surface area (Å²) in [6.07, 6.45) is -0.560. The van der Waals surface area contributed by atoms with E-state index < -0.39 is 12.1 Å². The fraction of sp³-hybridized carbons (Fsp3) is 0.147. The summed E-state index contributed by atoms with van der Waals surface area (Å²) in [7, 11) is 3.11. The number of rotatable bonds is 7. The predicted molar refractivity (Wildman–Crippen MR) is 165 cm³/mol. The molecular formula is C34H28ClN3O4. The molecule has 2 atom stereocenters. The normalized spacial score (nSPS) is 15.5. The molecule has 1 aromatic heterocycles. The lowest BCUT2D eigenvalue weighted by Crippen LogP contribution is -2.32. The van der Waals surface area contributed by atoms with Crippen molar-refractivity contribution >= 4 is 34.1 Å². The zero-order valence-corrected chi connectivity index (χ0v) is 23.8. The Kier molecular flexibility index (Phi) is 7.61. The second-order valence-electron chi connectivity index (χ2n) is 10.0. The smallest absolute Gasteiger partial charge is 0.276 e. The molecule has 5 aromatic rings. The highest BCUT2D eigenvalue weighted by molar-refractivity contribution is 6.31. The number of pyridine rings is 1. The summed E-state index contributed by atoms with van der Waals surface area (Å²) in [4.78, 5) is 30.9. The molecule has 8 heteroatoms. The lowest BCUT2D eigenvalue weighted by Gasteiger charge is -2.26. The molecule has 0 radical (unpaired) electrons. The Morgan fingerprint density at radius 3 is 2.29 bits per heavy atom. The van der Waals surface area contributed by atoms with Crippen molar-refractivity contribution in [3.8, 4) is 16.9 Å². The summed E-state index contributed by atoms with van der Waals surface area (Å²) in [6, 6.07) is 31.4. The Balaban J connectivity index is 1.54. The number of fused-ring (bicyclic) bond motifs is 1. The van der Waals surface area contributed by atoms with Crippen LogP contribution in [-0.2, 0) is 9.53 Å². The lowest BCUT2D eigenvalue weighted by molar-refractivity contribution is -0.144. The van der Waals surface area contributed by atoms with E-state index in [1.165, 1.54) is 12.1 Å². The van der Waals surface area contributed by atoms with Crippen molar-refractivity contribution < 1.29 is 14.3 Å². The molecule has 210 valence electrons. The zero-order valence-electron chi connectivity index (χ0n) is 23.1. The molecule has 1 aliphatic rings. The molecule has 6 rings (SSSR count). The molecule has 1 aliphatic heterocycles. The molecule has 1 amide bonds. The number of nitrogens with one attached hydrogen (secondary N) is 1. The largest absolute Gasteiger partial charge is 0.497 e. The van der Waals surface area contributed by atoms with Crippen molar-refractivity contribution in [2.75, 3.05) is 14.2 Å².